The zero-order valence-electron chi connectivity index (χ0n) is 11.6. The van der Waals surface area contributed by atoms with Gasteiger partial charge in [0.1, 0.15) is 0 Å². The molecule has 3 N–H and O–H groups in total. The number of nitrogens with zero attached hydrogens (tertiary/aromatic N) is 1. The topological polar surface area (TPSA) is 71.8 Å². The minimum Gasteiger partial charge on any atom is -0.369 e. The molecule has 108 valence electrons. The molecular weight excluding hydrogens is 286 g/mol. The molecule has 2 aromatic carbocycles. The fourth-order valence-electron chi connectivity index (χ4n) is 2.21. The van der Waals surface area contributed by atoms with Gasteiger partial charge in [-0.3, -0.25) is 4.79 Å². The first-order valence-corrected chi connectivity index (χ1v) is 6.46. The van der Waals surface area contributed by atoms with E-state index in [4.69, 9.17) is 5.73 Å². The Labute approximate surface area is 128 Å². The van der Waals surface area contributed by atoms with Crippen LogP contribution in [0.5, 0.6) is 0 Å². The first-order chi connectivity index (χ1) is 9.61. The number of hydrogen-bond acceptors (Lipinski definition) is 3. The van der Waals surface area contributed by atoms with Gasteiger partial charge < -0.3 is 10.7 Å². The van der Waals surface area contributed by atoms with Crippen LogP contribution >= 0.6 is 12.4 Å². The van der Waals surface area contributed by atoms with Crippen LogP contribution in [0.2, 0.25) is 0 Å². The predicted molar refractivity (Wildman–Crippen MR) is 87.0 cm³/mol. The highest BCUT2D eigenvalue weighted by molar-refractivity contribution is 5.98. The number of benzene rings is 2. The van der Waals surface area contributed by atoms with Crippen LogP contribution in [0.25, 0.3) is 11.0 Å². The third kappa shape index (κ3) is 3.23. The lowest BCUT2D eigenvalue weighted by Gasteiger charge is -2.02. The molecule has 1 heterocycles. The van der Waals surface area contributed by atoms with Gasteiger partial charge in [0.15, 0.2) is 11.7 Å². The molecule has 0 aliphatic carbocycles. The molecule has 0 radical (unpaired) electrons. The molecule has 0 atom stereocenters. The molecule has 5 heteroatoms. The van der Waals surface area contributed by atoms with Gasteiger partial charge in [-0.25, -0.2) is 4.98 Å². The molecule has 0 aliphatic heterocycles. The monoisotopic (exact) mass is 301 g/mol. The van der Waals surface area contributed by atoms with Crippen molar-refractivity contribution in [1.82, 2.24) is 9.97 Å². The van der Waals surface area contributed by atoms with Crippen LogP contribution in [0.4, 0.5) is 5.95 Å². The minimum atomic E-state index is 0. The van der Waals surface area contributed by atoms with Gasteiger partial charge in [-0.15, -0.1) is 12.4 Å². The zero-order chi connectivity index (χ0) is 14.1. The van der Waals surface area contributed by atoms with Crippen LogP contribution in [0, 0.1) is 6.92 Å². The highest BCUT2D eigenvalue weighted by atomic mass is 35.5. The molecule has 21 heavy (non-hydrogen) atoms. The van der Waals surface area contributed by atoms with E-state index in [1.54, 1.807) is 0 Å². The molecule has 3 rings (SSSR count). The number of carbonyl (C=O) groups is 1. The van der Waals surface area contributed by atoms with Crippen molar-refractivity contribution >= 4 is 35.2 Å². The Bertz CT molecular complexity index is 778. The summed E-state index contributed by atoms with van der Waals surface area (Å²) in [5, 5.41) is 0. The number of ketones is 1. The average Bonchev–Trinajstić information content (AvgIpc) is 2.78. The lowest BCUT2D eigenvalue weighted by Crippen LogP contribution is -2.03. The van der Waals surface area contributed by atoms with Gasteiger partial charge in [0.2, 0.25) is 0 Å². The number of nitrogens with two attached hydrogens (primary N) is 1. The van der Waals surface area contributed by atoms with Gasteiger partial charge in [0.25, 0.3) is 0 Å². The Hall–Kier alpha value is -2.33. The quantitative estimate of drug-likeness (QED) is 0.729. The number of H-pyrrole nitrogens is 1. The van der Waals surface area contributed by atoms with Crippen LogP contribution in [0.3, 0.4) is 0 Å². The predicted octanol–water partition coefficient (Wildman–Crippen LogP) is 3.30. The van der Waals surface area contributed by atoms with Crippen LogP contribution in [-0.2, 0) is 6.42 Å². The highest BCUT2D eigenvalue weighted by Crippen LogP contribution is 2.16. The number of fused-ring (bicyclic) bond motifs is 1. The molecule has 0 saturated heterocycles. The molecule has 0 spiro atoms. The minimum absolute atomic E-state index is 0. The maximum absolute atomic E-state index is 12.2. The summed E-state index contributed by atoms with van der Waals surface area (Å²) in [5.41, 5.74) is 10.1. The maximum Gasteiger partial charge on any atom is 0.198 e. The third-order valence-corrected chi connectivity index (χ3v) is 3.30. The lowest BCUT2D eigenvalue weighted by molar-refractivity contribution is 0.0993. The largest absolute Gasteiger partial charge is 0.369 e. The Balaban J connectivity index is 0.00000161. The summed E-state index contributed by atoms with van der Waals surface area (Å²) in [7, 11) is 0. The van der Waals surface area contributed by atoms with Crippen molar-refractivity contribution < 1.29 is 4.79 Å². The van der Waals surface area contributed by atoms with Crippen molar-refractivity contribution in [2.75, 3.05) is 5.73 Å². The number of Topliss-reactive ketones (excluding diaryl/α,β-unsaturated/α-hetero) is 1. The molecule has 0 bridgehead atoms. The van der Waals surface area contributed by atoms with Crippen molar-refractivity contribution in [1.29, 1.82) is 0 Å². The number of hydrogen-bond donors (Lipinski definition) is 2. The molecule has 3 aromatic rings. The van der Waals surface area contributed by atoms with Crippen molar-refractivity contribution in [3.63, 3.8) is 0 Å². The number of nitrogen functional groups attached to an aromatic ring is 1. The number of imidazole rings is 1. The van der Waals surface area contributed by atoms with E-state index in [0.717, 1.165) is 27.7 Å². The van der Waals surface area contributed by atoms with Gasteiger partial charge in [-0.05, 0) is 24.6 Å². The normalized spacial score (nSPS) is 10.3. The number of rotatable bonds is 3. The summed E-state index contributed by atoms with van der Waals surface area (Å²) in [6.07, 6.45) is 0.373. The smallest absolute Gasteiger partial charge is 0.198 e. The molecule has 0 amide bonds. The Morgan fingerprint density at radius 1 is 1.19 bits per heavy atom. The first-order valence-electron chi connectivity index (χ1n) is 6.46. The van der Waals surface area contributed by atoms with Crippen molar-refractivity contribution in [3.05, 3.63) is 59.2 Å². The summed E-state index contributed by atoms with van der Waals surface area (Å²) >= 11 is 0. The molecule has 1 aromatic heterocycles. The number of aryl methyl sites for hydroxylation is 1. The zero-order valence-corrected chi connectivity index (χ0v) is 12.4. The molecule has 0 aliphatic rings. The van der Waals surface area contributed by atoms with Gasteiger partial charge in [0.05, 0.1) is 11.0 Å². The van der Waals surface area contributed by atoms with Crippen molar-refractivity contribution in [2.45, 2.75) is 13.3 Å². The summed E-state index contributed by atoms with van der Waals surface area (Å²) in [6, 6.07) is 13.3. The van der Waals surface area contributed by atoms with Crippen LogP contribution < -0.4 is 5.73 Å². The van der Waals surface area contributed by atoms with Crippen molar-refractivity contribution in [2.24, 2.45) is 0 Å². The van der Waals surface area contributed by atoms with E-state index in [2.05, 4.69) is 9.97 Å². The summed E-state index contributed by atoms with van der Waals surface area (Å²) in [6.45, 7) is 2.00. The van der Waals surface area contributed by atoms with E-state index < -0.39 is 0 Å². The molecular formula is C16H16ClN3O. The fraction of sp³-hybridized carbons (Fsp3) is 0.125. The SMILES string of the molecule is Cc1ccc(C(=O)Cc2ccc3nc(N)[nH]c3c2)cc1.Cl. The van der Waals surface area contributed by atoms with Gasteiger partial charge in [0, 0.05) is 12.0 Å². The van der Waals surface area contributed by atoms with Gasteiger partial charge in [-0.2, -0.15) is 0 Å². The number of halogens is 1. The number of nitrogens with one attached hydrogen (secondary N) is 1. The van der Waals surface area contributed by atoms with E-state index in [9.17, 15) is 4.79 Å². The fourth-order valence-corrected chi connectivity index (χ4v) is 2.21. The number of carbonyl (C=O) groups excluding carboxylic acids is 1. The summed E-state index contributed by atoms with van der Waals surface area (Å²) < 4.78 is 0. The van der Waals surface area contributed by atoms with E-state index in [-0.39, 0.29) is 18.2 Å². The van der Waals surface area contributed by atoms with Crippen LogP contribution in [0.1, 0.15) is 21.5 Å². The number of anilines is 1. The van der Waals surface area contributed by atoms with Crippen LogP contribution in [-0.4, -0.2) is 15.8 Å². The molecule has 0 saturated carbocycles. The van der Waals surface area contributed by atoms with E-state index in [0.29, 0.717) is 12.4 Å². The summed E-state index contributed by atoms with van der Waals surface area (Å²) in [4.78, 5) is 19.3. The average molecular weight is 302 g/mol. The second-order valence-electron chi connectivity index (χ2n) is 4.94. The van der Waals surface area contributed by atoms with E-state index in [1.807, 2.05) is 49.4 Å². The summed E-state index contributed by atoms with van der Waals surface area (Å²) in [5.74, 6) is 0.499. The number of aromatic amines is 1. The number of aromatic nitrogens is 2. The molecule has 0 fully saturated rings. The Kier molecular flexibility index (Phi) is 4.29. The third-order valence-electron chi connectivity index (χ3n) is 3.30. The first kappa shape index (κ1) is 15.1. The van der Waals surface area contributed by atoms with Gasteiger partial charge in [-0.1, -0.05) is 35.9 Å². The molecule has 0 unspecified atom stereocenters. The highest BCUT2D eigenvalue weighted by Gasteiger charge is 2.08. The Morgan fingerprint density at radius 3 is 2.62 bits per heavy atom. The molecule has 4 nitrogen and oxygen atoms in total. The van der Waals surface area contributed by atoms with Crippen LogP contribution in [0.15, 0.2) is 42.5 Å². The lowest BCUT2D eigenvalue weighted by atomic mass is 10.0. The second-order valence-corrected chi connectivity index (χ2v) is 4.94. The van der Waals surface area contributed by atoms with Gasteiger partial charge >= 0.3 is 0 Å². The maximum atomic E-state index is 12.2. The van der Waals surface area contributed by atoms with E-state index in [1.165, 1.54) is 0 Å². The Morgan fingerprint density at radius 2 is 1.90 bits per heavy atom. The standard InChI is InChI=1S/C16H15N3O.ClH/c1-10-2-5-12(6-3-10)15(20)9-11-4-7-13-14(8-11)19-16(17)18-13;/h2-8H,9H2,1H3,(H3,17,18,19);1H. The second kappa shape index (κ2) is 5.97. The van der Waals surface area contributed by atoms with E-state index >= 15 is 0 Å². The van der Waals surface area contributed by atoms with Crippen molar-refractivity contribution in [3.8, 4) is 0 Å².